The summed E-state index contributed by atoms with van der Waals surface area (Å²) in [7, 11) is 0. The fraction of sp³-hybridized carbons (Fsp3) is 0. The third-order valence-electron chi connectivity index (χ3n) is 1.20. The monoisotopic (exact) mass is 119 g/mol. The first-order valence-corrected chi connectivity index (χ1v) is 2.65. The molecule has 0 aliphatic carbocycles. The van der Waals surface area contributed by atoms with E-state index in [0.717, 1.165) is 11.3 Å². The molecule has 0 atom stereocenters. The van der Waals surface area contributed by atoms with Crippen molar-refractivity contribution in [2.45, 2.75) is 0 Å². The van der Waals surface area contributed by atoms with Crippen LogP contribution in [0.3, 0.4) is 0 Å². The fourth-order valence-electron chi connectivity index (χ4n) is 0.743. The van der Waals surface area contributed by atoms with Crippen molar-refractivity contribution in [2.75, 3.05) is 0 Å². The van der Waals surface area contributed by atoms with Gasteiger partial charge in [-0.15, -0.1) is 5.11 Å². The van der Waals surface area contributed by atoms with Crippen molar-refractivity contribution < 1.29 is 1.43 Å². The van der Waals surface area contributed by atoms with Crippen LogP contribution in [-0.2, 0) is 0 Å². The van der Waals surface area contributed by atoms with Gasteiger partial charge in [0.25, 0.3) is 0 Å². The molecule has 0 saturated carbocycles. The molecule has 0 amide bonds. The highest BCUT2D eigenvalue weighted by molar-refractivity contribution is 5.42. The van der Waals surface area contributed by atoms with E-state index in [0.29, 0.717) is 0 Å². The Kier molecular flexibility index (Phi) is 0.773. The summed E-state index contributed by atoms with van der Waals surface area (Å²) in [6, 6.07) is 0. The molecule has 2 aliphatic heterocycles. The predicted octanol–water partition coefficient (Wildman–Crippen LogP) is 1.42. The van der Waals surface area contributed by atoms with Gasteiger partial charge in [0.2, 0.25) is 0 Å². The van der Waals surface area contributed by atoms with E-state index in [2.05, 4.69) is 15.5 Å². The molecule has 0 N–H and O–H groups in total. The molecule has 0 aromatic rings. The molecule has 9 heavy (non-hydrogen) atoms. The summed E-state index contributed by atoms with van der Waals surface area (Å²) in [5.41, 5.74) is 1.91. The van der Waals surface area contributed by atoms with Gasteiger partial charge in [0, 0.05) is 11.8 Å². The van der Waals surface area contributed by atoms with E-state index in [4.69, 9.17) is 0 Å². The SMILES string of the molecule is C1=CC2=CN=NC2=C[N]1.[H+]. The number of hydrogen-bond donors (Lipinski definition) is 0. The standard InChI is InChI=1S/C6H4N3/c1-2-7-4-6-5(1)3-8-9-6/h1-4H/p+1. The molecular weight excluding hydrogens is 114 g/mol. The van der Waals surface area contributed by atoms with Crippen molar-refractivity contribution >= 4 is 0 Å². The van der Waals surface area contributed by atoms with E-state index in [1.54, 1.807) is 18.6 Å². The topological polar surface area (TPSA) is 38.8 Å². The number of azo groups is 1. The summed E-state index contributed by atoms with van der Waals surface area (Å²) < 4.78 is 0. The van der Waals surface area contributed by atoms with E-state index in [-0.39, 0.29) is 1.43 Å². The number of fused-ring (bicyclic) bond motifs is 1. The predicted molar refractivity (Wildman–Crippen MR) is 33.4 cm³/mol. The quantitative estimate of drug-likeness (QED) is 0.462. The Hall–Kier alpha value is -1.38. The Labute approximate surface area is 54.0 Å². The summed E-state index contributed by atoms with van der Waals surface area (Å²) in [4.78, 5) is 0. The van der Waals surface area contributed by atoms with E-state index in [9.17, 15) is 0 Å². The van der Waals surface area contributed by atoms with Crippen LogP contribution in [0.5, 0.6) is 0 Å². The van der Waals surface area contributed by atoms with Gasteiger partial charge in [-0.3, -0.25) is 5.32 Å². The van der Waals surface area contributed by atoms with Gasteiger partial charge < -0.3 is 0 Å². The fourth-order valence-corrected chi connectivity index (χ4v) is 0.743. The summed E-state index contributed by atoms with van der Waals surface area (Å²) in [5.74, 6) is 0. The average molecular weight is 119 g/mol. The van der Waals surface area contributed by atoms with Crippen LogP contribution in [-0.4, -0.2) is 0 Å². The second kappa shape index (κ2) is 1.55. The Morgan fingerprint density at radius 1 is 1.33 bits per heavy atom. The van der Waals surface area contributed by atoms with Gasteiger partial charge in [0.05, 0.1) is 12.4 Å². The van der Waals surface area contributed by atoms with Crippen LogP contribution in [0.4, 0.5) is 0 Å². The second-order valence-electron chi connectivity index (χ2n) is 1.78. The molecule has 3 heteroatoms. The van der Waals surface area contributed by atoms with Gasteiger partial charge in [-0.05, 0) is 6.08 Å². The highest BCUT2D eigenvalue weighted by Crippen LogP contribution is 2.21. The normalized spacial score (nSPS) is 20.4. The molecule has 43 valence electrons. The molecule has 2 aliphatic rings. The van der Waals surface area contributed by atoms with E-state index in [1.807, 2.05) is 6.08 Å². The minimum Gasteiger partial charge on any atom is -0.262 e. The van der Waals surface area contributed by atoms with Gasteiger partial charge in [0.15, 0.2) is 0 Å². The highest BCUT2D eigenvalue weighted by atomic mass is 15.1. The van der Waals surface area contributed by atoms with Gasteiger partial charge in [0.1, 0.15) is 5.70 Å². The van der Waals surface area contributed by atoms with Crippen molar-refractivity contribution in [2.24, 2.45) is 10.2 Å². The Balaban J connectivity index is 0.000000500. The lowest BCUT2D eigenvalue weighted by molar-refractivity contribution is 1.08. The van der Waals surface area contributed by atoms with Crippen LogP contribution in [0, 0.1) is 0 Å². The Morgan fingerprint density at radius 3 is 3.22 bits per heavy atom. The largest absolute Gasteiger partial charge is 1.00 e. The molecule has 0 aromatic carbocycles. The average Bonchev–Trinajstić information content (AvgIpc) is 2.33. The molecule has 3 nitrogen and oxygen atoms in total. The van der Waals surface area contributed by atoms with Crippen molar-refractivity contribution in [3.05, 3.63) is 35.9 Å². The van der Waals surface area contributed by atoms with Crippen molar-refractivity contribution in [1.29, 1.82) is 0 Å². The third-order valence-corrected chi connectivity index (χ3v) is 1.20. The van der Waals surface area contributed by atoms with Gasteiger partial charge >= 0.3 is 1.43 Å². The van der Waals surface area contributed by atoms with Crippen LogP contribution in [0.2, 0.25) is 0 Å². The minimum atomic E-state index is 0. The van der Waals surface area contributed by atoms with Crippen LogP contribution < -0.4 is 5.32 Å². The van der Waals surface area contributed by atoms with Crippen LogP contribution in [0.15, 0.2) is 46.2 Å². The molecule has 2 heterocycles. The summed E-state index contributed by atoms with van der Waals surface area (Å²) >= 11 is 0. The van der Waals surface area contributed by atoms with E-state index < -0.39 is 0 Å². The van der Waals surface area contributed by atoms with E-state index >= 15 is 0 Å². The first-order valence-electron chi connectivity index (χ1n) is 2.65. The summed E-state index contributed by atoms with van der Waals surface area (Å²) in [6.07, 6.45) is 7.03. The van der Waals surface area contributed by atoms with Crippen LogP contribution in [0.25, 0.3) is 0 Å². The zero-order valence-electron chi connectivity index (χ0n) is 5.65. The second-order valence-corrected chi connectivity index (χ2v) is 1.78. The maximum Gasteiger partial charge on any atom is 1.00 e. The molecule has 0 spiro atoms. The zero-order valence-corrected chi connectivity index (χ0v) is 4.65. The van der Waals surface area contributed by atoms with Crippen LogP contribution in [0.1, 0.15) is 1.43 Å². The molecule has 0 saturated heterocycles. The lowest BCUT2D eigenvalue weighted by atomic mass is 10.2. The van der Waals surface area contributed by atoms with Crippen molar-refractivity contribution in [3.63, 3.8) is 0 Å². The molecule has 2 rings (SSSR count). The molecule has 1 radical (unpaired) electrons. The third kappa shape index (κ3) is 0.579. The molecule has 0 aromatic heterocycles. The number of hydrogen-bond acceptors (Lipinski definition) is 2. The molecular formula is C6H5N3+. The lowest BCUT2D eigenvalue weighted by Crippen LogP contribution is -1.92. The minimum absolute atomic E-state index is 0. The van der Waals surface area contributed by atoms with Crippen molar-refractivity contribution in [3.8, 4) is 0 Å². The van der Waals surface area contributed by atoms with Gasteiger partial charge in [-0.2, -0.15) is 5.11 Å². The highest BCUT2D eigenvalue weighted by Gasteiger charge is 2.08. The number of allylic oxidation sites excluding steroid dienone is 1. The number of rotatable bonds is 0. The van der Waals surface area contributed by atoms with Crippen molar-refractivity contribution in [1.82, 2.24) is 5.32 Å². The number of nitrogens with zero attached hydrogens (tertiary/aromatic N) is 3. The molecule has 0 unspecified atom stereocenters. The first-order chi connectivity index (χ1) is 4.47. The van der Waals surface area contributed by atoms with Gasteiger partial charge in [-0.25, -0.2) is 0 Å². The van der Waals surface area contributed by atoms with Crippen LogP contribution >= 0.6 is 0 Å². The Morgan fingerprint density at radius 2 is 2.33 bits per heavy atom. The molecule has 0 fully saturated rings. The maximum atomic E-state index is 3.88. The van der Waals surface area contributed by atoms with Gasteiger partial charge in [-0.1, -0.05) is 0 Å². The molecule has 0 bridgehead atoms. The Bertz CT molecular complexity index is 250. The zero-order chi connectivity index (χ0) is 6.10. The maximum absolute atomic E-state index is 3.88. The summed E-state index contributed by atoms with van der Waals surface area (Å²) in [5, 5.41) is 11.4. The summed E-state index contributed by atoms with van der Waals surface area (Å²) in [6.45, 7) is 0. The lowest BCUT2D eigenvalue weighted by Gasteiger charge is -1.98. The smallest absolute Gasteiger partial charge is 0.262 e. The van der Waals surface area contributed by atoms with E-state index in [1.165, 1.54) is 0 Å². The first kappa shape index (κ1) is 4.49.